The first-order chi connectivity index (χ1) is 12.0. The summed E-state index contributed by atoms with van der Waals surface area (Å²) in [6.07, 6.45) is 1.74. The Morgan fingerprint density at radius 3 is 2.64 bits per heavy atom. The third-order valence-electron chi connectivity index (χ3n) is 4.02. The molecular formula is C19H22N2O4. The zero-order chi connectivity index (χ0) is 18.4. The predicted molar refractivity (Wildman–Crippen MR) is 93.0 cm³/mol. The number of rotatable bonds is 6. The van der Waals surface area contributed by atoms with E-state index in [1.54, 1.807) is 37.4 Å². The average Bonchev–Trinajstić information content (AvgIpc) is 2.62. The van der Waals surface area contributed by atoms with Gasteiger partial charge >= 0.3 is 5.97 Å². The summed E-state index contributed by atoms with van der Waals surface area (Å²) in [7, 11) is 0. The third kappa shape index (κ3) is 4.42. The SMILES string of the molecule is CCOC(=O)[C@H](NC(=O)c1cccc(C)c1C)[C@H](O)c1cccnc1. The molecule has 2 rings (SSSR count). The quantitative estimate of drug-likeness (QED) is 0.785. The van der Waals surface area contributed by atoms with E-state index >= 15 is 0 Å². The lowest BCUT2D eigenvalue weighted by molar-refractivity contribution is -0.148. The number of hydrogen-bond donors (Lipinski definition) is 2. The van der Waals surface area contributed by atoms with Crippen molar-refractivity contribution < 1.29 is 19.4 Å². The summed E-state index contributed by atoms with van der Waals surface area (Å²) in [5.74, 6) is -1.14. The van der Waals surface area contributed by atoms with Crippen LogP contribution in [0.4, 0.5) is 0 Å². The lowest BCUT2D eigenvalue weighted by atomic mass is 10.0. The fourth-order valence-corrected chi connectivity index (χ4v) is 2.46. The molecule has 25 heavy (non-hydrogen) atoms. The number of esters is 1. The molecule has 0 fully saturated rings. The van der Waals surface area contributed by atoms with Crippen molar-refractivity contribution in [2.75, 3.05) is 6.61 Å². The molecule has 132 valence electrons. The summed E-state index contributed by atoms with van der Waals surface area (Å²) in [6, 6.07) is 7.40. The number of hydrogen-bond acceptors (Lipinski definition) is 5. The van der Waals surface area contributed by atoms with Crippen LogP contribution in [0.5, 0.6) is 0 Å². The summed E-state index contributed by atoms with van der Waals surface area (Å²) < 4.78 is 5.00. The molecule has 0 radical (unpaired) electrons. The molecule has 2 aromatic rings. The molecule has 0 saturated carbocycles. The maximum Gasteiger partial charge on any atom is 0.331 e. The monoisotopic (exact) mass is 342 g/mol. The molecule has 6 nitrogen and oxygen atoms in total. The largest absolute Gasteiger partial charge is 0.464 e. The standard InChI is InChI=1S/C19H22N2O4/c1-4-25-19(24)16(17(22)14-8-6-10-20-11-14)21-18(23)15-9-5-7-12(2)13(15)3/h5-11,16-17,22H,4H2,1-3H3,(H,21,23)/t16-,17-/m1/s1. The summed E-state index contributed by atoms with van der Waals surface area (Å²) in [4.78, 5) is 28.8. The van der Waals surface area contributed by atoms with Crippen molar-refractivity contribution in [1.82, 2.24) is 10.3 Å². The van der Waals surface area contributed by atoms with Gasteiger partial charge in [0.05, 0.1) is 6.61 Å². The van der Waals surface area contributed by atoms with Crippen LogP contribution >= 0.6 is 0 Å². The summed E-state index contributed by atoms with van der Waals surface area (Å²) in [5, 5.41) is 13.1. The van der Waals surface area contributed by atoms with Gasteiger partial charge in [0.2, 0.25) is 0 Å². The Kier molecular flexibility index (Phi) is 6.25. The Bertz CT molecular complexity index is 746. The number of aromatic nitrogens is 1. The zero-order valence-electron chi connectivity index (χ0n) is 14.5. The van der Waals surface area contributed by atoms with Crippen LogP contribution in [0.15, 0.2) is 42.7 Å². The van der Waals surface area contributed by atoms with E-state index in [1.807, 2.05) is 19.9 Å². The number of aliphatic hydroxyl groups is 1. The molecule has 2 atom stereocenters. The highest BCUT2D eigenvalue weighted by molar-refractivity contribution is 5.98. The number of amides is 1. The molecule has 1 aromatic heterocycles. The van der Waals surface area contributed by atoms with Crippen molar-refractivity contribution in [3.63, 3.8) is 0 Å². The highest BCUT2D eigenvalue weighted by Crippen LogP contribution is 2.19. The zero-order valence-corrected chi connectivity index (χ0v) is 14.5. The first-order valence-electron chi connectivity index (χ1n) is 8.07. The molecule has 1 amide bonds. The van der Waals surface area contributed by atoms with Crippen molar-refractivity contribution in [3.8, 4) is 0 Å². The van der Waals surface area contributed by atoms with E-state index in [-0.39, 0.29) is 6.61 Å². The Morgan fingerprint density at radius 1 is 1.24 bits per heavy atom. The topological polar surface area (TPSA) is 88.5 Å². The number of benzene rings is 1. The van der Waals surface area contributed by atoms with Gasteiger partial charge in [0.15, 0.2) is 6.04 Å². The minimum atomic E-state index is -1.26. The van der Waals surface area contributed by atoms with Crippen LogP contribution in [0.2, 0.25) is 0 Å². The van der Waals surface area contributed by atoms with Crippen molar-refractivity contribution >= 4 is 11.9 Å². The number of nitrogens with zero attached hydrogens (tertiary/aromatic N) is 1. The number of carbonyl (C=O) groups excluding carboxylic acids is 2. The van der Waals surface area contributed by atoms with Crippen LogP contribution in [-0.2, 0) is 9.53 Å². The van der Waals surface area contributed by atoms with E-state index in [2.05, 4.69) is 10.3 Å². The minimum absolute atomic E-state index is 0.147. The number of carbonyl (C=O) groups is 2. The van der Waals surface area contributed by atoms with Gasteiger partial charge in [-0.1, -0.05) is 18.2 Å². The van der Waals surface area contributed by atoms with Gasteiger partial charge in [-0.3, -0.25) is 9.78 Å². The van der Waals surface area contributed by atoms with Gasteiger partial charge < -0.3 is 15.2 Å². The number of nitrogens with one attached hydrogen (secondary N) is 1. The highest BCUT2D eigenvalue weighted by atomic mass is 16.5. The number of ether oxygens (including phenoxy) is 1. The van der Waals surface area contributed by atoms with Crippen LogP contribution in [-0.4, -0.2) is 34.6 Å². The Morgan fingerprint density at radius 2 is 2.00 bits per heavy atom. The van der Waals surface area contributed by atoms with E-state index in [0.717, 1.165) is 11.1 Å². The van der Waals surface area contributed by atoms with Crippen molar-refractivity contribution in [2.45, 2.75) is 32.9 Å². The van der Waals surface area contributed by atoms with Crippen LogP contribution in [0.3, 0.4) is 0 Å². The summed E-state index contributed by atoms with van der Waals surface area (Å²) in [6.45, 7) is 5.55. The second kappa shape index (κ2) is 8.39. The summed E-state index contributed by atoms with van der Waals surface area (Å²) >= 11 is 0. The van der Waals surface area contributed by atoms with E-state index < -0.39 is 24.0 Å². The van der Waals surface area contributed by atoms with E-state index in [0.29, 0.717) is 11.1 Å². The maximum atomic E-state index is 12.6. The van der Waals surface area contributed by atoms with E-state index in [4.69, 9.17) is 4.74 Å². The molecule has 0 bridgehead atoms. The molecule has 0 aliphatic heterocycles. The van der Waals surface area contributed by atoms with Crippen molar-refractivity contribution in [1.29, 1.82) is 0 Å². The lowest BCUT2D eigenvalue weighted by Gasteiger charge is -2.23. The second-order valence-corrected chi connectivity index (χ2v) is 5.68. The first kappa shape index (κ1) is 18.6. The van der Waals surface area contributed by atoms with Gasteiger partial charge in [0.1, 0.15) is 6.10 Å². The maximum absolute atomic E-state index is 12.6. The first-order valence-corrected chi connectivity index (χ1v) is 8.07. The van der Waals surface area contributed by atoms with Gasteiger partial charge in [-0.05, 0) is 44.0 Å². The number of aryl methyl sites for hydroxylation is 1. The molecule has 0 saturated heterocycles. The molecule has 2 N–H and O–H groups in total. The fourth-order valence-electron chi connectivity index (χ4n) is 2.46. The molecule has 0 aliphatic carbocycles. The van der Waals surface area contributed by atoms with E-state index in [1.165, 1.54) is 6.20 Å². The Balaban J connectivity index is 2.28. The van der Waals surface area contributed by atoms with Crippen LogP contribution in [0, 0.1) is 13.8 Å². The number of pyridine rings is 1. The minimum Gasteiger partial charge on any atom is -0.464 e. The van der Waals surface area contributed by atoms with Gasteiger partial charge in [0, 0.05) is 23.5 Å². The normalized spacial score (nSPS) is 13.0. The Labute approximate surface area is 146 Å². The van der Waals surface area contributed by atoms with Crippen molar-refractivity contribution in [3.05, 3.63) is 65.0 Å². The van der Waals surface area contributed by atoms with Gasteiger partial charge in [-0.25, -0.2) is 4.79 Å². The predicted octanol–water partition coefficient (Wildman–Crippen LogP) is 2.09. The Hall–Kier alpha value is -2.73. The van der Waals surface area contributed by atoms with Crippen LogP contribution < -0.4 is 5.32 Å². The molecule has 6 heteroatoms. The highest BCUT2D eigenvalue weighted by Gasteiger charge is 2.31. The van der Waals surface area contributed by atoms with Gasteiger partial charge in [-0.2, -0.15) is 0 Å². The van der Waals surface area contributed by atoms with Crippen LogP contribution in [0.25, 0.3) is 0 Å². The molecule has 1 aromatic carbocycles. The van der Waals surface area contributed by atoms with Crippen LogP contribution in [0.1, 0.15) is 40.1 Å². The molecule has 1 heterocycles. The lowest BCUT2D eigenvalue weighted by Crippen LogP contribution is -2.46. The fraction of sp³-hybridized carbons (Fsp3) is 0.316. The molecule has 0 aliphatic rings. The molecule has 0 unspecified atom stereocenters. The number of aliphatic hydroxyl groups excluding tert-OH is 1. The summed E-state index contributed by atoms with van der Waals surface area (Å²) in [5.41, 5.74) is 2.65. The molecule has 0 spiro atoms. The molecular weight excluding hydrogens is 320 g/mol. The van der Waals surface area contributed by atoms with Gasteiger partial charge in [-0.15, -0.1) is 0 Å². The second-order valence-electron chi connectivity index (χ2n) is 5.68. The average molecular weight is 342 g/mol. The smallest absolute Gasteiger partial charge is 0.331 e. The van der Waals surface area contributed by atoms with Crippen molar-refractivity contribution in [2.24, 2.45) is 0 Å². The van der Waals surface area contributed by atoms with E-state index in [9.17, 15) is 14.7 Å². The van der Waals surface area contributed by atoms with Gasteiger partial charge in [0.25, 0.3) is 5.91 Å². The third-order valence-corrected chi connectivity index (χ3v) is 4.02.